The Labute approximate surface area is 213 Å². The largest absolute Gasteiger partial charge is 0.423 e. The van der Waals surface area contributed by atoms with Gasteiger partial charge in [0, 0.05) is 16.5 Å². The number of benzene rings is 3. The molecule has 3 aromatic carbocycles. The van der Waals surface area contributed by atoms with Crippen molar-refractivity contribution >= 4 is 10.9 Å². The van der Waals surface area contributed by atoms with Gasteiger partial charge < -0.3 is 9.84 Å². The lowest BCUT2D eigenvalue weighted by atomic mass is 9.90. The van der Waals surface area contributed by atoms with Crippen LogP contribution in [0.5, 0.6) is 5.75 Å². The minimum absolute atomic E-state index is 0.0212. The van der Waals surface area contributed by atoms with Gasteiger partial charge in [0.05, 0.1) is 31.9 Å². The number of likely N-dealkylation sites (N-methyl/N-ethyl adjacent to an activating group) is 2. The predicted molar refractivity (Wildman–Crippen MR) is 143 cm³/mol. The maximum atomic E-state index is 11.6. The Morgan fingerprint density at radius 3 is 2.25 bits per heavy atom. The predicted octanol–water partition coefficient (Wildman–Crippen LogP) is 4.93. The number of aliphatic hydroxyl groups is 1. The fourth-order valence-corrected chi connectivity index (χ4v) is 6.78. The molecular weight excluding hydrogens is 446 g/mol. The van der Waals surface area contributed by atoms with Crippen molar-refractivity contribution in [1.82, 2.24) is 9.88 Å². The number of ether oxygens (including phenoxy) is 1. The molecule has 184 valence electrons. The first kappa shape index (κ1) is 23.2. The molecule has 0 bridgehead atoms. The number of aliphatic hydroxyl groups excluding tert-OH is 1. The summed E-state index contributed by atoms with van der Waals surface area (Å²) in [5, 5.41) is 12.6. The fourth-order valence-electron chi connectivity index (χ4n) is 6.78. The Bertz CT molecular complexity index is 1370. The van der Waals surface area contributed by atoms with Crippen molar-refractivity contribution < 1.29 is 14.3 Å². The molecule has 36 heavy (non-hydrogen) atoms. The van der Waals surface area contributed by atoms with E-state index in [0.717, 1.165) is 36.8 Å². The number of nitrogens with zero attached hydrogens (tertiary/aromatic N) is 3. The number of fused-ring (bicyclic) bond motifs is 3. The summed E-state index contributed by atoms with van der Waals surface area (Å²) >= 11 is 0. The topological polar surface area (TPSA) is 45.6 Å². The van der Waals surface area contributed by atoms with E-state index < -0.39 is 12.0 Å². The number of aromatic nitrogens is 1. The number of para-hydroxylation sites is 1. The summed E-state index contributed by atoms with van der Waals surface area (Å²) in [7, 11) is 4.33. The molecule has 1 aromatic heterocycles. The first-order valence-corrected chi connectivity index (χ1v) is 12.9. The maximum Gasteiger partial charge on any atom is 0.333 e. The maximum absolute atomic E-state index is 11.6. The molecule has 1 aliphatic heterocycles. The summed E-state index contributed by atoms with van der Waals surface area (Å²) in [6.07, 6.45) is 3.05. The molecule has 0 spiro atoms. The second kappa shape index (κ2) is 8.70. The van der Waals surface area contributed by atoms with Crippen molar-refractivity contribution in [3.05, 3.63) is 107 Å². The van der Waals surface area contributed by atoms with Crippen molar-refractivity contribution in [3.63, 3.8) is 0 Å². The lowest BCUT2D eigenvalue weighted by Crippen LogP contribution is -2.72. The highest BCUT2D eigenvalue weighted by molar-refractivity contribution is 5.79. The van der Waals surface area contributed by atoms with Crippen LogP contribution >= 0.6 is 0 Å². The number of aryl methyl sites for hydroxylation is 2. The van der Waals surface area contributed by atoms with E-state index in [1.165, 1.54) is 22.3 Å². The summed E-state index contributed by atoms with van der Waals surface area (Å²) in [5.74, 6) is -0.331. The highest BCUT2D eigenvalue weighted by Crippen LogP contribution is 2.49. The van der Waals surface area contributed by atoms with Gasteiger partial charge in [0.25, 0.3) is 0 Å². The first-order chi connectivity index (χ1) is 17.4. The SMILES string of the molecule is CC(O)C1(Oc2cnc3ccccc3c2)N(C)CC[N+]1(C)C1c2ccccc2CCc2ccccc21. The standard InChI is InChI=1S/C31H34N3O2/c1-22(35)31(36-26-20-25-12-6-9-15-29(25)32-21-26)33(2)18-19-34(31,3)30-27-13-7-4-10-23(27)16-17-24-11-5-8-14-28(24)30/h4-15,20-22,30,35H,16-19H2,1-3H3/q+1. The average molecular weight is 481 g/mol. The van der Waals surface area contributed by atoms with Gasteiger partial charge in [-0.2, -0.15) is 0 Å². The fraction of sp³-hybridized carbons (Fsp3) is 0.323. The molecule has 1 N–H and O–H groups in total. The summed E-state index contributed by atoms with van der Waals surface area (Å²) in [5.41, 5.74) is 6.33. The minimum atomic E-state index is -1.00. The molecule has 5 heteroatoms. The Kier molecular flexibility index (Phi) is 5.60. The minimum Gasteiger partial charge on any atom is -0.423 e. The van der Waals surface area contributed by atoms with Gasteiger partial charge in [-0.3, -0.25) is 9.47 Å². The van der Waals surface area contributed by atoms with Gasteiger partial charge in [-0.15, -0.1) is 0 Å². The van der Waals surface area contributed by atoms with Gasteiger partial charge >= 0.3 is 5.85 Å². The van der Waals surface area contributed by atoms with E-state index >= 15 is 0 Å². The second-order valence-electron chi connectivity index (χ2n) is 10.5. The van der Waals surface area contributed by atoms with E-state index in [1.807, 2.05) is 31.2 Å². The van der Waals surface area contributed by atoms with E-state index in [0.29, 0.717) is 10.2 Å². The third-order valence-electron chi connectivity index (χ3n) is 8.49. The van der Waals surface area contributed by atoms with Crippen LogP contribution in [0.3, 0.4) is 0 Å². The quantitative estimate of drug-likeness (QED) is 0.421. The average Bonchev–Trinajstić information content (AvgIpc) is 3.05. The van der Waals surface area contributed by atoms with Crippen LogP contribution in [-0.4, -0.2) is 58.6 Å². The van der Waals surface area contributed by atoms with Crippen LogP contribution in [0.25, 0.3) is 10.9 Å². The molecule has 0 amide bonds. The number of hydrogen-bond acceptors (Lipinski definition) is 4. The Balaban J connectivity index is 1.56. The molecule has 4 aromatic rings. The van der Waals surface area contributed by atoms with Crippen molar-refractivity contribution in [1.29, 1.82) is 0 Å². The first-order valence-electron chi connectivity index (χ1n) is 12.9. The van der Waals surface area contributed by atoms with Crippen LogP contribution in [0.4, 0.5) is 0 Å². The molecule has 3 unspecified atom stereocenters. The van der Waals surface area contributed by atoms with Crippen LogP contribution in [0.15, 0.2) is 85.1 Å². The van der Waals surface area contributed by atoms with E-state index in [-0.39, 0.29) is 6.04 Å². The van der Waals surface area contributed by atoms with Crippen LogP contribution in [0.2, 0.25) is 0 Å². The molecule has 2 heterocycles. The van der Waals surface area contributed by atoms with Crippen molar-refractivity contribution in [2.45, 2.75) is 37.8 Å². The zero-order valence-corrected chi connectivity index (χ0v) is 21.3. The molecule has 6 rings (SSSR count). The molecular formula is C31H34N3O2+. The van der Waals surface area contributed by atoms with Crippen LogP contribution in [0, 0.1) is 0 Å². The lowest BCUT2D eigenvalue weighted by molar-refractivity contribution is -0.999. The molecule has 2 aliphatic rings. The normalized spacial score (nSPS) is 25.2. The van der Waals surface area contributed by atoms with E-state index in [2.05, 4.69) is 78.6 Å². The zero-order chi connectivity index (χ0) is 24.9. The Morgan fingerprint density at radius 1 is 0.972 bits per heavy atom. The van der Waals surface area contributed by atoms with Crippen molar-refractivity contribution in [2.75, 3.05) is 27.2 Å². The summed E-state index contributed by atoms with van der Waals surface area (Å²) in [6, 6.07) is 27.8. The van der Waals surface area contributed by atoms with Gasteiger partial charge in [0.15, 0.2) is 6.10 Å². The molecule has 3 atom stereocenters. The highest BCUT2D eigenvalue weighted by Gasteiger charge is 2.66. The van der Waals surface area contributed by atoms with Gasteiger partial charge in [-0.1, -0.05) is 66.7 Å². The number of hydrogen-bond donors (Lipinski definition) is 1. The number of rotatable bonds is 4. The third kappa shape index (κ3) is 3.38. The van der Waals surface area contributed by atoms with E-state index in [9.17, 15) is 5.11 Å². The molecule has 0 saturated carbocycles. The summed E-state index contributed by atoms with van der Waals surface area (Å²) < 4.78 is 7.49. The monoisotopic (exact) mass is 480 g/mol. The smallest absolute Gasteiger partial charge is 0.333 e. The Hall–Kier alpha value is -3.25. The molecule has 1 aliphatic carbocycles. The van der Waals surface area contributed by atoms with Crippen LogP contribution in [-0.2, 0) is 12.8 Å². The zero-order valence-electron chi connectivity index (χ0n) is 21.3. The Morgan fingerprint density at radius 2 is 1.58 bits per heavy atom. The summed E-state index contributed by atoms with van der Waals surface area (Å²) in [6.45, 7) is 3.51. The van der Waals surface area contributed by atoms with Crippen LogP contribution in [0.1, 0.15) is 35.2 Å². The van der Waals surface area contributed by atoms with Gasteiger partial charge in [-0.25, -0.2) is 4.90 Å². The second-order valence-corrected chi connectivity index (χ2v) is 10.5. The highest BCUT2D eigenvalue weighted by atomic mass is 16.6. The summed E-state index contributed by atoms with van der Waals surface area (Å²) in [4.78, 5) is 6.85. The van der Waals surface area contributed by atoms with E-state index in [1.54, 1.807) is 6.20 Å². The third-order valence-corrected chi connectivity index (χ3v) is 8.49. The number of quaternary nitrogens is 1. The van der Waals surface area contributed by atoms with Gasteiger partial charge in [0.2, 0.25) is 0 Å². The molecule has 1 saturated heterocycles. The van der Waals surface area contributed by atoms with Crippen molar-refractivity contribution in [2.24, 2.45) is 0 Å². The van der Waals surface area contributed by atoms with Crippen LogP contribution < -0.4 is 4.74 Å². The van der Waals surface area contributed by atoms with E-state index in [4.69, 9.17) is 4.74 Å². The lowest BCUT2D eigenvalue weighted by Gasteiger charge is -2.52. The molecule has 1 fully saturated rings. The van der Waals surface area contributed by atoms with Gasteiger partial charge in [0.1, 0.15) is 11.8 Å². The molecule has 5 nitrogen and oxygen atoms in total. The van der Waals surface area contributed by atoms with Gasteiger partial charge in [-0.05, 0) is 50.1 Å². The van der Waals surface area contributed by atoms with Crippen molar-refractivity contribution in [3.8, 4) is 5.75 Å². The molecule has 0 radical (unpaired) electrons. The number of pyridine rings is 1.